The molecule has 0 bridgehead atoms. The van der Waals surface area contributed by atoms with Gasteiger partial charge in [0.05, 0.1) is 5.56 Å². The Balaban J connectivity index is 0. The van der Waals surface area contributed by atoms with Crippen LogP contribution in [0.25, 0.3) is 0 Å². The molecule has 0 aromatic heterocycles. The van der Waals surface area contributed by atoms with Crippen LogP contribution in [0.5, 0.6) is 0 Å². The zero-order valence-corrected chi connectivity index (χ0v) is 10.8. The van der Waals surface area contributed by atoms with Crippen molar-refractivity contribution in [3.05, 3.63) is 35.4 Å². The van der Waals surface area contributed by atoms with Gasteiger partial charge in [-0.2, -0.15) is 12.6 Å². The molecule has 2 nitrogen and oxygen atoms in total. The fourth-order valence-electron chi connectivity index (χ4n) is 0.753. The van der Waals surface area contributed by atoms with Gasteiger partial charge < -0.3 is 6.53 Å². The van der Waals surface area contributed by atoms with Gasteiger partial charge >= 0.3 is 57.4 Å². The summed E-state index contributed by atoms with van der Waals surface area (Å²) in [6.45, 7) is 0. The Morgan fingerprint density at radius 3 is 2.25 bits per heavy atom. The molecule has 0 fully saturated rings. The van der Waals surface area contributed by atoms with Crippen LogP contribution in [0.2, 0.25) is 0 Å². The maximum Gasteiger partial charge on any atom is 1.00 e. The van der Waals surface area contributed by atoms with Crippen molar-refractivity contribution in [3.63, 3.8) is 0 Å². The van der Waals surface area contributed by atoms with E-state index in [1.165, 1.54) is 0 Å². The zero-order chi connectivity index (χ0) is 8.27. The maximum atomic E-state index is 10.4. The number of aromatic carboxylic acids is 1. The predicted octanol–water partition coefficient (Wildman–Crippen LogP) is -1.07. The molecule has 0 atom stereocenters. The van der Waals surface area contributed by atoms with Crippen LogP contribution in [0.15, 0.2) is 24.3 Å². The molecule has 12 heavy (non-hydrogen) atoms. The molecule has 0 amide bonds. The standard InChI is InChI=1S/C8H8O2S.K.H/c9-8(10)7-3-1-6(5-11)2-4-7;;/h1-4,11H,5H2,(H,9,10);;/q;+1;-1. The number of carboxylic acid groups (broad SMARTS) is 1. The van der Waals surface area contributed by atoms with Crippen molar-refractivity contribution in [2.75, 3.05) is 0 Å². The van der Waals surface area contributed by atoms with Gasteiger partial charge in [-0.3, -0.25) is 0 Å². The third-order valence-electron chi connectivity index (χ3n) is 1.38. The van der Waals surface area contributed by atoms with Gasteiger partial charge in [-0.05, 0) is 17.7 Å². The summed E-state index contributed by atoms with van der Waals surface area (Å²) in [6.07, 6.45) is 0. The molecule has 0 saturated carbocycles. The van der Waals surface area contributed by atoms with Crippen LogP contribution in [-0.2, 0) is 5.75 Å². The van der Waals surface area contributed by atoms with Crippen LogP contribution in [0.1, 0.15) is 17.3 Å². The van der Waals surface area contributed by atoms with Gasteiger partial charge in [0.25, 0.3) is 0 Å². The summed E-state index contributed by atoms with van der Waals surface area (Å²) in [7, 11) is 0. The van der Waals surface area contributed by atoms with E-state index in [0.717, 1.165) is 5.56 Å². The van der Waals surface area contributed by atoms with Crippen molar-refractivity contribution in [1.29, 1.82) is 0 Å². The summed E-state index contributed by atoms with van der Waals surface area (Å²) >= 11 is 4.05. The molecule has 0 unspecified atom stereocenters. The Morgan fingerprint density at radius 2 is 1.92 bits per heavy atom. The van der Waals surface area contributed by atoms with Crippen LogP contribution >= 0.6 is 12.6 Å². The predicted molar refractivity (Wildman–Crippen MR) is 47.2 cm³/mol. The second kappa shape index (κ2) is 6.18. The minimum Gasteiger partial charge on any atom is -1.00 e. The Labute approximate surface area is 121 Å². The molecular weight excluding hydrogens is 199 g/mol. The molecule has 4 heteroatoms. The first-order chi connectivity index (χ1) is 5.24. The van der Waals surface area contributed by atoms with Gasteiger partial charge in [-0.15, -0.1) is 0 Å². The summed E-state index contributed by atoms with van der Waals surface area (Å²) < 4.78 is 0. The number of thiol groups is 1. The Morgan fingerprint density at radius 1 is 1.42 bits per heavy atom. The zero-order valence-electron chi connectivity index (χ0n) is 7.82. The smallest absolute Gasteiger partial charge is 1.00 e. The van der Waals surface area contributed by atoms with Crippen molar-refractivity contribution in [3.8, 4) is 0 Å². The van der Waals surface area contributed by atoms with Crippen LogP contribution < -0.4 is 51.4 Å². The number of carbonyl (C=O) groups is 1. The van der Waals surface area contributed by atoms with E-state index in [1.54, 1.807) is 24.3 Å². The van der Waals surface area contributed by atoms with E-state index in [1.807, 2.05) is 0 Å². The Bertz CT molecular complexity index is 263. The van der Waals surface area contributed by atoms with Crippen LogP contribution in [0, 0.1) is 0 Å². The van der Waals surface area contributed by atoms with Gasteiger partial charge in [-0.25, -0.2) is 4.79 Å². The molecule has 60 valence electrons. The van der Waals surface area contributed by atoms with Gasteiger partial charge in [0.15, 0.2) is 0 Å². The molecule has 0 aliphatic rings. The average molecular weight is 208 g/mol. The maximum absolute atomic E-state index is 10.4. The average Bonchev–Trinajstić information content (AvgIpc) is 2.05. The minimum atomic E-state index is -0.893. The van der Waals surface area contributed by atoms with Crippen LogP contribution in [0.4, 0.5) is 0 Å². The van der Waals surface area contributed by atoms with Gasteiger partial charge in [0.2, 0.25) is 0 Å². The second-order valence-electron chi connectivity index (χ2n) is 2.16. The van der Waals surface area contributed by atoms with E-state index in [2.05, 4.69) is 12.6 Å². The van der Waals surface area contributed by atoms with Crippen molar-refractivity contribution in [1.82, 2.24) is 0 Å². The Hall–Kier alpha value is 0.676. The number of rotatable bonds is 2. The monoisotopic (exact) mass is 208 g/mol. The number of hydrogen-bond donors (Lipinski definition) is 2. The summed E-state index contributed by atoms with van der Waals surface area (Å²) in [6, 6.07) is 6.68. The molecule has 0 radical (unpaired) electrons. The minimum absolute atomic E-state index is 0. The molecule has 0 spiro atoms. The molecule has 1 aromatic rings. The van der Waals surface area contributed by atoms with Crippen molar-refractivity contribution >= 4 is 18.6 Å². The quantitative estimate of drug-likeness (QED) is 0.480. The van der Waals surface area contributed by atoms with E-state index in [9.17, 15) is 4.79 Å². The topological polar surface area (TPSA) is 37.3 Å². The van der Waals surface area contributed by atoms with E-state index in [0.29, 0.717) is 11.3 Å². The first-order valence-corrected chi connectivity index (χ1v) is 3.80. The first-order valence-electron chi connectivity index (χ1n) is 3.17. The first kappa shape index (κ1) is 12.7. The van der Waals surface area contributed by atoms with Gasteiger partial charge in [0.1, 0.15) is 0 Å². The summed E-state index contributed by atoms with van der Waals surface area (Å²) in [5.74, 6) is -0.254. The van der Waals surface area contributed by atoms with Crippen molar-refractivity contribution in [2.45, 2.75) is 5.75 Å². The van der Waals surface area contributed by atoms with Crippen LogP contribution in [-0.4, -0.2) is 11.1 Å². The second-order valence-corrected chi connectivity index (χ2v) is 2.48. The van der Waals surface area contributed by atoms with Crippen LogP contribution in [0.3, 0.4) is 0 Å². The van der Waals surface area contributed by atoms with E-state index < -0.39 is 5.97 Å². The fraction of sp³-hybridized carbons (Fsp3) is 0.125. The number of carboxylic acids is 1. The molecule has 0 aliphatic carbocycles. The third kappa shape index (κ3) is 3.59. The summed E-state index contributed by atoms with van der Waals surface area (Å²) in [4.78, 5) is 10.4. The molecule has 0 saturated heterocycles. The summed E-state index contributed by atoms with van der Waals surface area (Å²) in [5, 5.41) is 8.53. The molecule has 1 N–H and O–H groups in total. The van der Waals surface area contributed by atoms with Crippen molar-refractivity contribution in [2.24, 2.45) is 0 Å². The molecule has 1 aromatic carbocycles. The molecule has 0 aliphatic heterocycles. The number of benzene rings is 1. The number of hydrogen-bond acceptors (Lipinski definition) is 2. The van der Waals surface area contributed by atoms with Gasteiger partial charge in [-0.1, -0.05) is 12.1 Å². The molecule has 0 heterocycles. The van der Waals surface area contributed by atoms with E-state index >= 15 is 0 Å². The fourth-order valence-corrected chi connectivity index (χ4v) is 0.964. The normalized spacial score (nSPS) is 8.75. The molecular formula is C8H9KO2S. The Kier molecular flexibility index (Phi) is 6.53. The third-order valence-corrected chi connectivity index (χ3v) is 1.75. The SMILES string of the molecule is O=C(O)c1ccc(CS)cc1.[H-].[K+]. The van der Waals surface area contributed by atoms with E-state index in [4.69, 9.17) is 5.11 Å². The van der Waals surface area contributed by atoms with Gasteiger partial charge in [0, 0.05) is 5.75 Å². The summed E-state index contributed by atoms with van der Waals surface area (Å²) in [5.41, 5.74) is 1.34. The van der Waals surface area contributed by atoms with Crippen molar-refractivity contribution < 1.29 is 62.7 Å². The largest absolute Gasteiger partial charge is 1.00 e. The van der Waals surface area contributed by atoms with E-state index in [-0.39, 0.29) is 52.8 Å². The molecule has 1 rings (SSSR count).